The van der Waals surface area contributed by atoms with Gasteiger partial charge in [-0.2, -0.15) is 0 Å². The van der Waals surface area contributed by atoms with E-state index in [9.17, 15) is 0 Å². The van der Waals surface area contributed by atoms with E-state index in [0.717, 1.165) is 0 Å². The quantitative estimate of drug-likeness (QED) is 0.209. The molecule has 0 spiro atoms. The zero-order chi connectivity index (χ0) is 9.00. The van der Waals surface area contributed by atoms with E-state index >= 15 is 0 Å². The third-order valence-corrected chi connectivity index (χ3v) is 0. The molecule has 8 nitrogen and oxygen atoms in total. The summed E-state index contributed by atoms with van der Waals surface area (Å²) in [5.41, 5.74) is 0. The molecule has 0 amide bonds. The predicted molar refractivity (Wildman–Crippen MR) is 35.7 cm³/mol. The average Bonchev–Trinajstić information content (AvgIpc) is 1.12. The van der Waals surface area contributed by atoms with E-state index < -0.39 is 15.6 Å². The Kier molecular flexibility index (Phi) is 18.2. The molecule has 0 aliphatic heterocycles. The summed E-state index contributed by atoms with van der Waals surface area (Å²) in [6, 6.07) is 0. The number of hydrogen-bond acceptors (Lipinski definition) is 2. The molecule has 0 aromatic heterocycles. The summed E-state index contributed by atoms with van der Waals surface area (Å²) in [5.74, 6) is 0. The van der Waals surface area contributed by atoms with Crippen molar-refractivity contribution in [2.45, 2.75) is 0 Å². The van der Waals surface area contributed by atoms with E-state index in [0.29, 0.717) is 0 Å². The summed E-state index contributed by atoms with van der Waals surface area (Å²) in [6.07, 6.45) is 0. The summed E-state index contributed by atoms with van der Waals surface area (Å²) in [4.78, 5) is 43.1. The van der Waals surface area contributed by atoms with Crippen molar-refractivity contribution in [3.63, 3.8) is 0 Å². The van der Waals surface area contributed by atoms with Gasteiger partial charge in [0.15, 0.2) is 0 Å². The van der Waals surface area contributed by atoms with Crippen LogP contribution in [0.3, 0.4) is 0 Å². The molecule has 0 aromatic rings. The molecule has 0 rings (SSSR count). The van der Waals surface area contributed by atoms with Gasteiger partial charge in [-0.05, 0) is 0 Å². The van der Waals surface area contributed by atoms with Crippen LogP contribution in [0.4, 0.5) is 0 Å². The van der Waals surface area contributed by atoms with E-state index in [-0.39, 0.29) is 46.6 Å². The SMILES string of the molecule is O=P(O)(O)O.O=P(O)(O)O.[Fe].[NaH]. The van der Waals surface area contributed by atoms with Gasteiger partial charge >= 0.3 is 45.2 Å². The minimum atomic E-state index is -4.64. The maximum absolute atomic E-state index is 8.88. The molecule has 6 N–H and O–H groups in total. The maximum atomic E-state index is 8.88. The van der Waals surface area contributed by atoms with E-state index in [4.69, 9.17) is 38.5 Å². The molecular formula is H7FeNaO8P2. The summed E-state index contributed by atoms with van der Waals surface area (Å²) in [7, 11) is -9.28. The topological polar surface area (TPSA) is 156 Å². The molecule has 0 bridgehead atoms. The van der Waals surface area contributed by atoms with Crippen LogP contribution in [0.25, 0.3) is 0 Å². The first-order valence-electron chi connectivity index (χ1n) is 1.57. The normalized spacial score (nSPS) is 9.83. The van der Waals surface area contributed by atoms with E-state index in [1.807, 2.05) is 0 Å². The van der Waals surface area contributed by atoms with Crippen molar-refractivity contribution < 1.29 is 55.6 Å². The Balaban J connectivity index is -0.0000000457. The van der Waals surface area contributed by atoms with Gasteiger partial charge in [-0.15, -0.1) is 0 Å². The van der Waals surface area contributed by atoms with E-state index in [2.05, 4.69) is 0 Å². The van der Waals surface area contributed by atoms with Gasteiger partial charge in [-0.3, -0.25) is 0 Å². The first-order chi connectivity index (χ1) is 4.00. The van der Waals surface area contributed by atoms with Gasteiger partial charge < -0.3 is 29.4 Å². The van der Waals surface area contributed by atoms with Crippen molar-refractivity contribution in [1.29, 1.82) is 0 Å². The molecule has 0 aliphatic rings. The monoisotopic (exact) mass is 276 g/mol. The van der Waals surface area contributed by atoms with Crippen molar-refractivity contribution in [2.24, 2.45) is 0 Å². The Bertz CT molecular complexity index is 129. The molecule has 0 saturated carbocycles. The van der Waals surface area contributed by atoms with Gasteiger partial charge in [-0.25, -0.2) is 9.13 Å². The van der Waals surface area contributed by atoms with Crippen LogP contribution < -0.4 is 0 Å². The molecule has 0 aliphatic carbocycles. The van der Waals surface area contributed by atoms with Gasteiger partial charge in [0.05, 0.1) is 0 Å². The van der Waals surface area contributed by atoms with Crippen LogP contribution in [0, 0.1) is 0 Å². The molecule has 0 heterocycles. The first kappa shape index (κ1) is 23.5. The summed E-state index contributed by atoms with van der Waals surface area (Å²) >= 11 is 0. The summed E-state index contributed by atoms with van der Waals surface area (Å²) in [6.45, 7) is 0. The fraction of sp³-hybridized carbons (Fsp3) is 0. The summed E-state index contributed by atoms with van der Waals surface area (Å²) in [5, 5.41) is 0. The molecule has 0 radical (unpaired) electrons. The third-order valence-electron chi connectivity index (χ3n) is 0. The Labute approximate surface area is 100 Å². The third kappa shape index (κ3) is 447. The fourth-order valence-corrected chi connectivity index (χ4v) is 0. The Morgan fingerprint density at radius 1 is 0.667 bits per heavy atom. The second-order valence-corrected chi connectivity index (χ2v) is 3.08. The molecule has 12 heteroatoms. The van der Waals surface area contributed by atoms with Crippen LogP contribution in [0.15, 0.2) is 0 Å². The molecular weight excluding hydrogens is 269 g/mol. The molecule has 0 atom stereocenters. The van der Waals surface area contributed by atoms with Crippen molar-refractivity contribution in [3.05, 3.63) is 0 Å². The zero-order valence-electron chi connectivity index (χ0n) is 4.75. The predicted octanol–water partition coefficient (Wildman–Crippen LogP) is -2.51. The molecule has 0 saturated heterocycles. The molecule has 0 unspecified atom stereocenters. The molecule has 0 aromatic carbocycles. The standard InChI is InChI=1S/Fe.Na.2H3O4P.H/c;;2*1-5(2,3)4;/h;;2*(H3,1,2,3,4);. The van der Waals surface area contributed by atoms with Gasteiger partial charge in [-0.1, -0.05) is 0 Å². The van der Waals surface area contributed by atoms with Gasteiger partial charge in [0.2, 0.25) is 0 Å². The van der Waals surface area contributed by atoms with Crippen LogP contribution in [0.1, 0.15) is 0 Å². The van der Waals surface area contributed by atoms with Crippen LogP contribution in [0.5, 0.6) is 0 Å². The number of hydrogen-bond donors (Lipinski definition) is 6. The fourth-order valence-electron chi connectivity index (χ4n) is 0. The van der Waals surface area contributed by atoms with Gasteiger partial charge in [0.25, 0.3) is 0 Å². The van der Waals surface area contributed by atoms with Crippen molar-refractivity contribution in [3.8, 4) is 0 Å². The second kappa shape index (κ2) is 9.30. The Morgan fingerprint density at radius 2 is 0.667 bits per heavy atom. The van der Waals surface area contributed by atoms with Crippen LogP contribution in [-0.2, 0) is 26.2 Å². The number of rotatable bonds is 0. The summed E-state index contributed by atoms with van der Waals surface area (Å²) < 4.78 is 17.8. The molecule has 12 heavy (non-hydrogen) atoms. The van der Waals surface area contributed by atoms with E-state index in [1.165, 1.54) is 0 Å². The van der Waals surface area contributed by atoms with Crippen molar-refractivity contribution >= 4 is 45.2 Å². The molecule has 0 fully saturated rings. The van der Waals surface area contributed by atoms with E-state index in [1.54, 1.807) is 0 Å². The van der Waals surface area contributed by atoms with Gasteiger partial charge in [0, 0.05) is 17.1 Å². The van der Waals surface area contributed by atoms with Crippen molar-refractivity contribution in [1.82, 2.24) is 0 Å². The Hall–Kier alpha value is 1.74. The average molecular weight is 276 g/mol. The molecule has 74 valence electrons. The Morgan fingerprint density at radius 3 is 0.667 bits per heavy atom. The van der Waals surface area contributed by atoms with Crippen molar-refractivity contribution in [2.75, 3.05) is 0 Å². The van der Waals surface area contributed by atoms with Crippen LogP contribution >= 0.6 is 15.6 Å². The minimum absolute atomic E-state index is 0. The number of phosphoric acid groups is 2. The zero-order valence-corrected chi connectivity index (χ0v) is 7.64. The second-order valence-electron chi connectivity index (χ2n) is 1.03. The van der Waals surface area contributed by atoms with Crippen LogP contribution in [-0.4, -0.2) is 58.9 Å². The van der Waals surface area contributed by atoms with Gasteiger partial charge in [0.1, 0.15) is 0 Å². The van der Waals surface area contributed by atoms with Crippen LogP contribution in [0.2, 0.25) is 0 Å². The first-order valence-corrected chi connectivity index (χ1v) is 4.70.